The monoisotopic (exact) mass is 413 g/mol. The van der Waals surface area contributed by atoms with E-state index >= 15 is 0 Å². The minimum Gasteiger partial charge on any atom is -0.366 e. The predicted octanol–water partition coefficient (Wildman–Crippen LogP) is 4.19. The van der Waals surface area contributed by atoms with Crippen LogP contribution in [0.15, 0.2) is 72.8 Å². The number of benzene rings is 2. The van der Waals surface area contributed by atoms with E-state index in [0.29, 0.717) is 18.5 Å². The van der Waals surface area contributed by atoms with Crippen LogP contribution in [0, 0.1) is 0 Å². The van der Waals surface area contributed by atoms with Crippen molar-refractivity contribution in [2.24, 2.45) is 5.73 Å². The Morgan fingerprint density at radius 1 is 0.968 bits per heavy atom. The minimum absolute atomic E-state index is 0.215. The quantitative estimate of drug-likeness (QED) is 0.658. The average molecular weight is 414 g/mol. The van der Waals surface area contributed by atoms with Crippen LogP contribution in [-0.2, 0) is 11.2 Å². The van der Waals surface area contributed by atoms with Gasteiger partial charge in [-0.2, -0.15) is 0 Å². The van der Waals surface area contributed by atoms with Crippen molar-refractivity contribution < 1.29 is 9.59 Å². The summed E-state index contributed by atoms with van der Waals surface area (Å²) in [6.45, 7) is 1.53. The van der Waals surface area contributed by atoms with E-state index in [1.165, 1.54) is 5.56 Å². The van der Waals surface area contributed by atoms with Crippen LogP contribution in [0.4, 0.5) is 0 Å². The van der Waals surface area contributed by atoms with E-state index in [1.807, 2.05) is 53.4 Å². The molecule has 2 heterocycles. The maximum absolute atomic E-state index is 12.8. The summed E-state index contributed by atoms with van der Waals surface area (Å²) in [6.07, 6.45) is 3.33. The lowest BCUT2D eigenvalue weighted by Gasteiger charge is -2.32. The minimum atomic E-state index is -0.438. The Labute approximate surface area is 182 Å². The molecule has 2 aromatic carbocycles. The average Bonchev–Trinajstić information content (AvgIpc) is 2.83. The van der Waals surface area contributed by atoms with E-state index in [-0.39, 0.29) is 11.8 Å². The highest BCUT2D eigenvalue weighted by molar-refractivity contribution is 5.93. The maximum Gasteiger partial charge on any atom is 0.248 e. The number of aryl methyl sites for hydroxylation is 1. The van der Waals surface area contributed by atoms with Gasteiger partial charge in [-0.05, 0) is 49.1 Å². The van der Waals surface area contributed by atoms with Crippen molar-refractivity contribution in [3.05, 3.63) is 89.6 Å². The van der Waals surface area contributed by atoms with E-state index in [1.54, 1.807) is 12.1 Å². The Morgan fingerprint density at radius 3 is 2.48 bits per heavy atom. The number of likely N-dealkylation sites (tertiary alicyclic amines) is 1. The van der Waals surface area contributed by atoms with E-state index in [2.05, 4.69) is 12.1 Å². The summed E-state index contributed by atoms with van der Waals surface area (Å²) in [5.74, 6) is 0.0125. The second-order valence-corrected chi connectivity index (χ2v) is 8.05. The number of hydrogen-bond acceptors (Lipinski definition) is 3. The molecule has 1 aromatic heterocycles. The van der Waals surface area contributed by atoms with E-state index in [4.69, 9.17) is 10.7 Å². The molecule has 5 nitrogen and oxygen atoms in total. The van der Waals surface area contributed by atoms with Crippen LogP contribution < -0.4 is 5.73 Å². The number of pyridine rings is 1. The number of carbonyl (C=O) groups excluding carboxylic acids is 2. The van der Waals surface area contributed by atoms with Crippen LogP contribution in [-0.4, -0.2) is 34.8 Å². The fraction of sp³-hybridized carbons (Fsp3) is 0.269. The molecular formula is C26H27N3O2. The number of nitrogens with zero attached hydrogens (tertiary/aromatic N) is 2. The lowest BCUT2D eigenvalue weighted by molar-refractivity contribution is -0.132. The molecular weight excluding hydrogens is 386 g/mol. The van der Waals surface area contributed by atoms with Gasteiger partial charge in [-0.15, -0.1) is 0 Å². The summed E-state index contributed by atoms with van der Waals surface area (Å²) >= 11 is 0. The van der Waals surface area contributed by atoms with Gasteiger partial charge >= 0.3 is 0 Å². The summed E-state index contributed by atoms with van der Waals surface area (Å²) in [5.41, 5.74) is 9.82. The number of aromatic nitrogens is 1. The molecule has 0 spiro atoms. The zero-order chi connectivity index (χ0) is 21.6. The normalized spacial score (nSPS) is 16.1. The topological polar surface area (TPSA) is 76.3 Å². The van der Waals surface area contributed by atoms with E-state index in [0.717, 1.165) is 42.8 Å². The van der Waals surface area contributed by atoms with Gasteiger partial charge in [-0.1, -0.05) is 48.5 Å². The zero-order valence-corrected chi connectivity index (χ0v) is 17.5. The Bertz CT molecular complexity index is 1050. The molecule has 3 aromatic rings. The van der Waals surface area contributed by atoms with E-state index in [9.17, 15) is 9.59 Å². The van der Waals surface area contributed by atoms with Gasteiger partial charge < -0.3 is 10.6 Å². The first-order valence-corrected chi connectivity index (χ1v) is 10.8. The van der Waals surface area contributed by atoms with Gasteiger partial charge in [-0.3, -0.25) is 14.6 Å². The second kappa shape index (κ2) is 9.56. The molecule has 1 aliphatic heterocycles. The standard InChI is InChI=1S/C26H27N3O2/c27-26(31)21-14-12-20(13-15-21)23-9-4-10-24(28-23)22-8-5-17-29(18-22)25(30)16-11-19-6-2-1-3-7-19/h1-4,6-7,9-10,12-15,22H,5,8,11,16-18H2,(H2,27,31)/t22-/m1/s1. The molecule has 1 saturated heterocycles. The van der Waals surface area contributed by atoms with Gasteiger partial charge in [0.2, 0.25) is 11.8 Å². The number of amides is 2. The van der Waals surface area contributed by atoms with Crippen LogP contribution in [0.25, 0.3) is 11.3 Å². The van der Waals surface area contributed by atoms with Gasteiger partial charge in [0.25, 0.3) is 0 Å². The molecule has 1 aliphatic rings. The van der Waals surface area contributed by atoms with Crippen molar-refractivity contribution in [3.63, 3.8) is 0 Å². The van der Waals surface area contributed by atoms with Crippen LogP contribution in [0.3, 0.4) is 0 Å². The Morgan fingerprint density at radius 2 is 1.74 bits per heavy atom. The fourth-order valence-corrected chi connectivity index (χ4v) is 4.14. The third kappa shape index (κ3) is 5.18. The van der Waals surface area contributed by atoms with Crippen molar-refractivity contribution in [1.29, 1.82) is 0 Å². The molecule has 4 rings (SSSR count). The molecule has 1 atom stereocenters. The number of carbonyl (C=O) groups is 2. The molecule has 1 fully saturated rings. The highest BCUT2D eigenvalue weighted by atomic mass is 16.2. The Hall–Kier alpha value is -3.47. The van der Waals surface area contributed by atoms with Crippen LogP contribution in [0.2, 0.25) is 0 Å². The fourth-order valence-electron chi connectivity index (χ4n) is 4.14. The number of primary amides is 1. The summed E-state index contributed by atoms with van der Waals surface area (Å²) in [6, 6.07) is 23.4. The first-order valence-electron chi connectivity index (χ1n) is 10.8. The number of piperidine rings is 1. The smallest absolute Gasteiger partial charge is 0.248 e. The number of hydrogen-bond donors (Lipinski definition) is 1. The summed E-state index contributed by atoms with van der Waals surface area (Å²) in [4.78, 5) is 31.0. The molecule has 2 amide bonds. The zero-order valence-electron chi connectivity index (χ0n) is 17.5. The summed E-state index contributed by atoms with van der Waals surface area (Å²) < 4.78 is 0. The highest BCUT2D eigenvalue weighted by Crippen LogP contribution is 2.28. The summed E-state index contributed by atoms with van der Waals surface area (Å²) in [7, 11) is 0. The third-order valence-electron chi connectivity index (χ3n) is 5.90. The third-order valence-corrected chi connectivity index (χ3v) is 5.90. The van der Waals surface area contributed by atoms with Gasteiger partial charge in [0.15, 0.2) is 0 Å². The largest absolute Gasteiger partial charge is 0.366 e. The summed E-state index contributed by atoms with van der Waals surface area (Å²) in [5, 5.41) is 0. The van der Waals surface area contributed by atoms with Gasteiger partial charge in [0.1, 0.15) is 0 Å². The lowest BCUT2D eigenvalue weighted by Crippen LogP contribution is -2.39. The van der Waals surface area contributed by atoms with Gasteiger partial charge in [-0.25, -0.2) is 0 Å². The Balaban J connectivity index is 1.42. The predicted molar refractivity (Wildman–Crippen MR) is 122 cm³/mol. The molecule has 0 saturated carbocycles. The molecule has 2 N–H and O–H groups in total. The molecule has 158 valence electrons. The van der Waals surface area contributed by atoms with Crippen molar-refractivity contribution in [2.75, 3.05) is 13.1 Å². The van der Waals surface area contributed by atoms with Crippen molar-refractivity contribution in [3.8, 4) is 11.3 Å². The second-order valence-electron chi connectivity index (χ2n) is 8.05. The molecule has 0 aliphatic carbocycles. The molecule has 0 bridgehead atoms. The molecule has 0 unspecified atom stereocenters. The number of rotatable bonds is 6. The lowest BCUT2D eigenvalue weighted by atomic mass is 9.93. The molecule has 5 heteroatoms. The highest BCUT2D eigenvalue weighted by Gasteiger charge is 2.25. The molecule has 31 heavy (non-hydrogen) atoms. The van der Waals surface area contributed by atoms with Gasteiger partial charge in [0, 0.05) is 42.2 Å². The van der Waals surface area contributed by atoms with Crippen molar-refractivity contribution in [2.45, 2.75) is 31.6 Å². The van der Waals surface area contributed by atoms with Crippen LogP contribution in [0.5, 0.6) is 0 Å². The van der Waals surface area contributed by atoms with Crippen LogP contribution in [0.1, 0.15) is 46.8 Å². The van der Waals surface area contributed by atoms with Crippen molar-refractivity contribution in [1.82, 2.24) is 9.88 Å². The first kappa shape index (κ1) is 20.8. The Kier molecular flexibility index (Phi) is 6.41. The van der Waals surface area contributed by atoms with E-state index < -0.39 is 5.91 Å². The molecule has 0 radical (unpaired) electrons. The number of nitrogens with two attached hydrogens (primary N) is 1. The SMILES string of the molecule is NC(=O)c1ccc(-c2cccc([C@@H]3CCCN(C(=O)CCc4ccccc4)C3)n2)cc1. The first-order chi connectivity index (χ1) is 15.1. The van der Waals surface area contributed by atoms with Crippen LogP contribution >= 0.6 is 0 Å². The van der Waals surface area contributed by atoms with Crippen molar-refractivity contribution >= 4 is 11.8 Å². The maximum atomic E-state index is 12.8. The van der Waals surface area contributed by atoms with Gasteiger partial charge in [0.05, 0.1) is 5.69 Å².